The highest BCUT2D eigenvalue weighted by Gasteiger charge is 2.35. The van der Waals surface area contributed by atoms with Crippen molar-refractivity contribution in [1.82, 2.24) is 0 Å². The van der Waals surface area contributed by atoms with E-state index >= 15 is 0 Å². The number of ether oxygens (including phenoxy) is 2. The predicted molar refractivity (Wildman–Crippen MR) is 123 cm³/mol. The molecule has 4 rings (SSSR count). The molecule has 0 aromatic heterocycles. The molecule has 3 aromatic carbocycles. The van der Waals surface area contributed by atoms with Crippen LogP contribution in [0.4, 0.5) is 0 Å². The summed E-state index contributed by atoms with van der Waals surface area (Å²) in [7, 11) is 1.01. The van der Waals surface area contributed by atoms with Gasteiger partial charge in [0.2, 0.25) is 5.90 Å². The molecule has 0 bridgehead atoms. The van der Waals surface area contributed by atoms with Gasteiger partial charge in [-0.05, 0) is 43.7 Å². The van der Waals surface area contributed by atoms with Gasteiger partial charge in [0.25, 0.3) is 0 Å². The highest BCUT2D eigenvalue weighted by Crippen LogP contribution is 2.35. The fourth-order valence-electron chi connectivity index (χ4n) is 3.44. The molecule has 1 atom stereocenters. The molecule has 0 saturated carbocycles. The molecule has 148 valence electrons. The Hall–Kier alpha value is -2.48. The van der Waals surface area contributed by atoms with Crippen molar-refractivity contribution in [2.45, 2.75) is 25.5 Å². The molecule has 0 amide bonds. The highest BCUT2D eigenvalue weighted by atomic mass is 31.1. The first-order valence-electron chi connectivity index (χ1n) is 9.85. The SMILES string of the molecule is COC(C)(C)[C@H]1COC(c2ccccc2P(c2ccccc2)c2ccccc2)=N1. The van der Waals surface area contributed by atoms with Crippen molar-refractivity contribution in [1.29, 1.82) is 0 Å². The standard InChI is InChI=1S/C25H26NO2P/c1-25(2,27-3)23-18-28-24(26-23)21-16-10-11-17-22(21)29(19-12-6-4-7-13-19)20-14-8-5-9-15-20/h4-17,23H,18H2,1-3H3/t23-/m1/s1. The zero-order valence-electron chi connectivity index (χ0n) is 17.1. The monoisotopic (exact) mass is 403 g/mol. The summed E-state index contributed by atoms with van der Waals surface area (Å²) in [5.41, 5.74) is 0.709. The zero-order valence-corrected chi connectivity index (χ0v) is 18.0. The lowest BCUT2D eigenvalue weighted by Crippen LogP contribution is -2.37. The summed E-state index contributed by atoms with van der Waals surface area (Å²) in [5, 5.41) is 3.89. The summed E-state index contributed by atoms with van der Waals surface area (Å²) >= 11 is 0. The molecule has 29 heavy (non-hydrogen) atoms. The van der Waals surface area contributed by atoms with Gasteiger partial charge < -0.3 is 9.47 Å². The van der Waals surface area contributed by atoms with Crippen molar-refractivity contribution in [3.8, 4) is 0 Å². The van der Waals surface area contributed by atoms with Crippen LogP contribution < -0.4 is 15.9 Å². The normalized spacial score (nSPS) is 16.6. The van der Waals surface area contributed by atoms with Crippen LogP contribution in [0, 0.1) is 0 Å². The molecule has 1 aliphatic rings. The molecule has 0 fully saturated rings. The summed E-state index contributed by atoms with van der Waals surface area (Å²) in [6.07, 6.45) is 0. The van der Waals surface area contributed by atoms with Crippen molar-refractivity contribution >= 4 is 29.7 Å². The van der Waals surface area contributed by atoms with E-state index in [0.29, 0.717) is 6.61 Å². The largest absolute Gasteiger partial charge is 0.475 e. The second-order valence-electron chi connectivity index (χ2n) is 7.59. The number of hydrogen-bond acceptors (Lipinski definition) is 3. The molecule has 0 N–H and O–H groups in total. The number of nitrogens with zero attached hydrogens (tertiary/aromatic N) is 1. The minimum Gasteiger partial charge on any atom is -0.475 e. The third-order valence-electron chi connectivity index (χ3n) is 5.38. The first-order chi connectivity index (χ1) is 14.1. The Kier molecular flexibility index (Phi) is 5.80. The van der Waals surface area contributed by atoms with Gasteiger partial charge in [-0.15, -0.1) is 0 Å². The molecule has 1 heterocycles. The molecule has 0 spiro atoms. The van der Waals surface area contributed by atoms with Gasteiger partial charge in [-0.25, -0.2) is 4.99 Å². The molecule has 1 aliphatic heterocycles. The smallest absolute Gasteiger partial charge is 0.217 e. The van der Waals surface area contributed by atoms with Gasteiger partial charge in [0, 0.05) is 12.7 Å². The lowest BCUT2D eigenvalue weighted by Gasteiger charge is -2.26. The fraction of sp³-hybridized carbons (Fsp3) is 0.240. The van der Waals surface area contributed by atoms with Crippen LogP contribution in [0.1, 0.15) is 19.4 Å². The van der Waals surface area contributed by atoms with E-state index in [9.17, 15) is 0 Å². The van der Waals surface area contributed by atoms with Crippen molar-refractivity contribution < 1.29 is 9.47 Å². The molecular weight excluding hydrogens is 377 g/mol. The summed E-state index contributed by atoms with van der Waals surface area (Å²) in [6, 6.07) is 29.9. The van der Waals surface area contributed by atoms with Gasteiger partial charge in [0.05, 0.1) is 5.60 Å². The number of benzene rings is 3. The second kappa shape index (κ2) is 8.49. The van der Waals surface area contributed by atoms with E-state index in [0.717, 1.165) is 11.5 Å². The molecular formula is C25H26NO2P. The summed E-state index contributed by atoms with van der Waals surface area (Å²) < 4.78 is 11.7. The Morgan fingerprint density at radius 2 is 1.41 bits per heavy atom. The summed E-state index contributed by atoms with van der Waals surface area (Å²) in [4.78, 5) is 4.91. The van der Waals surface area contributed by atoms with E-state index in [1.165, 1.54) is 15.9 Å². The Morgan fingerprint density at radius 3 is 2.00 bits per heavy atom. The van der Waals surface area contributed by atoms with Crippen molar-refractivity contribution in [2.75, 3.05) is 13.7 Å². The van der Waals surface area contributed by atoms with Crippen LogP contribution in [-0.4, -0.2) is 31.3 Å². The first kappa shape index (κ1) is 19.8. The van der Waals surface area contributed by atoms with E-state index in [-0.39, 0.29) is 11.6 Å². The Bertz CT molecular complexity index is 946. The maximum atomic E-state index is 6.08. The van der Waals surface area contributed by atoms with Gasteiger partial charge in [-0.2, -0.15) is 0 Å². The van der Waals surface area contributed by atoms with Crippen molar-refractivity contribution in [2.24, 2.45) is 4.99 Å². The second-order valence-corrected chi connectivity index (χ2v) is 9.78. The van der Waals surface area contributed by atoms with Crippen LogP contribution in [0.25, 0.3) is 0 Å². The molecule has 4 heteroatoms. The number of methoxy groups -OCH3 is 1. The molecule has 3 nitrogen and oxygen atoms in total. The number of hydrogen-bond donors (Lipinski definition) is 0. The van der Waals surface area contributed by atoms with Crippen molar-refractivity contribution in [3.05, 3.63) is 90.5 Å². The van der Waals surface area contributed by atoms with E-state index in [1.54, 1.807) is 7.11 Å². The Labute approximate surface area is 174 Å². The van der Waals surface area contributed by atoms with Crippen LogP contribution in [0.5, 0.6) is 0 Å². The topological polar surface area (TPSA) is 30.8 Å². The van der Waals surface area contributed by atoms with Crippen LogP contribution in [0.15, 0.2) is 89.9 Å². The van der Waals surface area contributed by atoms with E-state index in [4.69, 9.17) is 14.5 Å². The number of rotatable bonds is 6. The lowest BCUT2D eigenvalue weighted by molar-refractivity contribution is -0.00431. The average Bonchev–Trinajstić information content (AvgIpc) is 3.27. The molecule has 3 aromatic rings. The third kappa shape index (κ3) is 4.12. The predicted octanol–water partition coefficient (Wildman–Crippen LogP) is 4.02. The van der Waals surface area contributed by atoms with Gasteiger partial charge in [0.1, 0.15) is 12.6 Å². The van der Waals surface area contributed by atoms with Crippen LogP contribution in [-0.2, 0) is 9.47 Å². The molecule has 0 saturated heterocycles. The average molecular weight is 403 g/mol. The van der Waals surface area contributed by atoms with Crippen LogP contribution in [0.2, 0.25) is 0 Å². The lowest BCUT2D eigenvalue weighted by atomic mass is 10.0. The van der Waals surface area contributed by atoms with E-state index in [2.05, 4.69) is 98.8 Å². The van der Waals surface area contributed by atoms with Gasteiger partial charge in [0.15, 0.2) is 0 Å². The van der Waals surface area contributed by atoms with Gasteiger partial charge in [-0.3, -0.25) is 0 Å². The van der Waals surface area contributed by atoms with Gasteiger partial charge in [-0.1, -0.05) is 78.9 Å². The zero-order chi connectivity index (χ0) is 20.3. The quantitative estimate of drug-likeness (QED) is 0.582. The van der Waals surface area contributed by atoms with E-state index < -0.39 is 7.92 Å². The van der Waals surface area contributed by atoms with Gasteiger partial charge >= 0.3 is 0 Å². The van der Waals surface area contributed by atoms with Crippen LogP contribution in [0.3, 0.4) is 0 Å². The fourth-order valence-corrected chi connectivity index (χ4v) is 5.89. The van der Waals surface area contributed by atoms with E-state index in [1.807, 2.05) is 0 Å². The number of aliphatic imine (C=N–C) groups is 1. The highest BCUT2D eigenvalue weighted by molar-refractivity contribution is 7.80. The Morgan fingerprint density at radius 1 is 0.862 bits per heavy atom. The minimum atomic E-state index is -0.721. The third-order valence-corrected chi connectivity index (χ3v) is 7.88. The summed E-state index contributed by atoms with van der Waals surface area (Å²) in [5.74, 6) is 0.718. The minimum absolute atomic E-state index is 0.0183. The molecule has 0 unspecified atom stereocenters. The van der Waals surface area contributed by atoms with Crippen molar-refractivity contribution in [3.63, 3.8) is 0 Å². The first-order valence-corrected chi connectivity index (χ1v) is 11.2. The maximum absolute atomic E-state index is 6.08. The van der Waals surface area contributed by atoms with Crippen LogP contribution >= 0.6 is 7.92 Å². The Balaban J connectivity index is 1.82. The maximum Gasteiger partial charge on any atom is 0.217 e. The molecule has 0 aliphatic carbocycles. The summed E-state index contributed by atoms with van der Waals surface area (Å²) in [6.45, 7) is 4.65. The molecule has 0 radical (unpaired) electrons.